The van der Waals surface area contributed by atoms with Gasteiger partial charge in [-0.1, -0.05) is 19.1 Å². The van der Waals surface area contributed by atoms with Crippen molar-refractivity contribution in [2.45, 2.75) is 18.4 Å². The second-order valence-electron chi connectivity index (χ2n) is 3.80. The molecule has 1 aromatic heterocycles. The molecule has 1 N–H and O–H groups in total. The zero-order valence-electron chi connectivity index (χ0n) is 10.2. The third kappa shape index (κ3) is 3.27. The van der Waals surface area contributed by atoms with Crippen molar-refractivity contribution < 1.29 is 0 Å². The Labute approximate surface area is 106 Å². The number of anilines is 1. The lowest BCUT2D eigenvalue weighted by atomic mass is 10.3. The maximum Gasteiger partial charge on any atom is 0.0539 e. The molecule has 0 fully saturated rings. The molecule has 0 bridgehead atoms. The molecule has 0 spiro atoms. The largest absolute Gasteiger partial charge is 0.380 e. The van der Waals surface area contributed by atoms with E-state index < -0.39 is 0 Å². The Hall–Kier alpha value is -1.42. The van der Waals surface area contributed by atoms with Crippen LogP contribution in [-0.2, 0) is 13.6 Å². The molecule has 2 aromatic rings. The topological polar surface area (TPSA) is 29.9 Å². The van der Waals surface area contributed by atoms with Gasteiger partial charge in [-0.05, 0) is 17.9 Å². The number of benzene rings is 1. The van der Waals surface area contributed by atoms with E-state index in [9.17, 15) is 0 Å². The van der Waals surface area contributed by atoms with E-state index in [4.69, 9.17) is 0 Å². The van der Waals surface area contributed by atoms with Crippen LogP contribution < -0.4 is 5.32 Å². The average molecular weight is 247 g/mol. The van der Waals surface area contributed by atoms with Crippen molar-refractivity contribution in [3.05, 3.63) is 42.2 Å². The first kappa shape index (κ1) is 12.0. The minimum absolute atomic E-state index is 0.815. The van der Waals surface area contributed by atoms with Crippen molar-refractivity contribution in [3.63, 3.8) is 0 Å². The molecular weight excluding hydrogens is 230 g/mol. The highest BCUT2D eigenvalue weighted by Crippen LogP contribution is 2.26. The molecular formula is C13H17N3S. The lowest BCUT2D eigenvalue weighted by Gasteiger charge is -2.09. The molecule has 1 heterocycles. The van der Waals surface area contributed by atoms with Gasteiger partial charge >= 0.3 is 0 Å². The highest BCUT2D eigenvalue weighted by molar-refractivity contribution is 7.99. The summed E-state index contributed by atoms with van der Waals surface area (Å²) in [5, 5.41) is 7.61. The fraction of sp³-hybridized carbons (Fsp3) is 0.308. The van der Waals surface area contributed by atoms with Crippen LogP contribution in [0.3, 0.4) is 0 Å². The van der Waals surface area contributed by atoms with Gasteiger partial charge in [-0.2, -0.15) is 5.10 Å². The Kier molecular flexibility index (Phi) is 4.09. The van der Waals surface area contributed by atoms with Crippen molar-refractivity contribution in [3.8, 4) is 0 Å². The minimum atomic E-state index is 0.815. The van der Waals surface area contributed by atoms with Crippen molar-refractivity contribution in [2.24, 2.45) is 7.05 Å². The average Bonchev–Trinajstić information content (AvgIpc) is 2.74. The summed E-state index contributed by atoms with van der Waals surface area (Å²) in [5.41, 5.74) is 2.40. The summed E-state index contributed by atoms with van der Waals surface area (Å²) in [4.78, 5) is 1.30. The molecule has 2 rings (SSSR count). The predicted molar refractivity (Wildman–Crippen MR) is 73.4 cm³/mol. The quantitative estimate of drug-likeness (QED) is 0.823. The number of hydrogen-bond acceptors (Lipinski definition) is 3. The van der Waals surface area contributed by atoms with Crippen LogP contribution in [0.1, 0.15) is 12.5 Å². The lowest BCUT2D eigenvalue weighted by Crippen LogP contribution is -1.99. The van der Waals surface area contributed by atoms with Gasteiger partial charge in [0.25, 0.3) is 0 Å². The molecule has 0 unspecified atom stereocenters. The maximum atomic E-state index is 4.16. The molecule has 0 radical (unpaired) electrons. The summed E-state index contributed by atoms with van der Waals surface area (Å²) in [7, 11) is 1.93. The van der Waals surface area contributed by atoms with Crippen molar-refractivity contribution in [1.29, 1.82) is 0 Å². The summed E-state index contributed by atoms with van der Waals surface area (Å²) < 4.78 is 1.82. The van der Waals surface area contributed by atoms with Crippen LogP contribution >= 0.6 is 11.8 Å². The second-order valence-corrected chi connectivity index (χ2v) is 5.11. The highest BCUT2D eigenvalue weighted by atomic mass is 32.2. The Morgan fingerprint density at radius 2 is 2.18 bits per heavy atom. The number of hydrogen-bond donors (Lipinski definition) is 1. The van der Waals surface area contributed by atoms with Gasteiger partial charge in [0.05, 0.1) is 6.20 Å². The molecule has 0 aliphatic heterocycles. The van der Waals surface area contributed by atoms with Crippen molar-refractivity contribution in [1.82, 2.24) is 9.78 Å². The van der Waals surface area contributed by atoms with E-state index in [1.165, 1.54) is 16.1 Å². The van der Waals surface area contributed by atoms with E-state index in [2.05, 4.69) is 41.6 Å². The van der Waals surface area contributed by atoms with Crippen LogP contribution in [0, 0.1) is 0 Å². The number of nitrogens with zero attached hydrogens (tertiary/aromatic N) is 2. The third-order valence-corrected chi connectivity index (χ3v) is 3.38. The Morgan fingerprint density at radius 1 is 1.35 bits per heavy atom. The van der Waals surface area contributed by atoms with E-state index in [0.29, 0.717) is 0 Å². The van der Waals surface area contributed by atoms with E-state index in [0.717, 1.165) is 12.3 Å². The normalized spacial score (nSPS) is 10.5. The first-order valence-electron chi connectivity index (χ1n) is 5.73. The summed E-state index contributed by atoms with van der Waals surface area (Å²) in [5.74, 6) is 1.09. The first-order chi connectivity index (χ1) is 8.29. The molecule has 0 aliphatic rings. The highest BCUT2D eigenvalue weighted by Gasteiger charge is 2.01. The number of nitrogens with one attached hydrogen (secondary N) is 1. The molecule has 0 aliphatic carbocycles. The van der Waals surface area contributed by atoms with Gasteiger partial charge in [-0.15, -0.1) is 11.8 Å². The van der Waals surface area contributed by atoms with Gasteiger partial charge in [0.15, 0.2) is 0 Å². The first-order valence-corrected chi connectivity index (χ1v) is 6.71. The third-order valence-electron chi connectivity index (χ3n) is 2.43. The Morgan fingerprint density at radius 3 is 2.88 bits per heavy atom. The summed E-state index contributed by atoms with van der Waals surface area (Å²) in [6.07, 6.45) is 3.92. The fourth-order valence-electron chi connectivity index (χ4n) is 1.65. The van der Waals surface area contributed by atoms with Gasteiger partial charge in [-0.25, -0.2) is 0 Å². The van der Waals surface area contributed by atoms with Gasteiger partial charge < -0.3 is 5.32 Å². The standard InChI is InChI=1S/C13H17N3S/c1-3-17-13-7-5-4-6-12(13)14-8-11-9-15-16(2)10-11/h4-7,9-10,14H,3,8H2,1-2H3. The molecule has 17 heavy (non-hydrogen) atoms. The van der Waals surface area contributed by atoms with Crippen LogP contribution in [0.5, 0.6) is 0 Å². The van der Waals surface area contributed by atoms with Crippen molar-refractivity contribution in [2.75, 3.05) is 11.1 Å². The van der Waals surface area contributed by atoms with Gasteiger partial charge in [-0.3, -0.25) is 4.68 Å². The molecule has 3 nitrogen and oxygen atoms in total. The number of rotatable bonds is 5. The second kappa shape index (κ2) is 5.77. The van der Waals surface area contributed by atoms with Crippen LogP contribution in [-0.4, -0.2) is 15.5 Å². The predicted octanol–water partition coefficient (Wildman–Crippen LogP) is 3.14. The van der Waals surface area contributed by atoms with E-state index >= 15 is 0 Å². The molecule has 0 amide bonds. The summed E-state index contributed by atoms with van der Waals surface area (Å²) in [6, 6.07) is 8.41. The Bertz CT molecular complexity index is 479. The molecule has 0 saturated heterocycles. The zero-order chi connectivity index (χ0) is 12.1. The van der Waals surface area contributed by atoms with Crippen LogP contribution in [0.25, 0.3) is 0 Å². The monoisotopic (exact) mass is 247 g/mol. The molecule has 1 aromatic carbocycles. The van der Waals surface area contributed by atoms with Crippen LogP contribution in [0.15, 0.2) is 41.6 Å². The minimum Gasteiger partial charge on any atom is -0.380 e. The molecule has 4 heteroatoms. The Balaban J connectivity index is 2.03. The molecule has 0 atom stereocenters. The van der Waals surface area contributed by atoms with Crippen LogP contribution in [0.2, 0.25) is 0 Å². The van der Waals surface area contributed by atoms with Crippen molar-refractivity contribution >= 4 is 17.4 Å². The van der Waals surface area contributed by atoms with Gasteiger partial charge in [0.2, 0.25) is 0 Å². The lowest BCUT2D eigenvalue weighted by molar-refractivity contribution is 0.767. The summed E-state index contributed by atoms with van der Waals surface area (Å²) >= 11 is 1.86. The maximum absolute atomic E-state index is 4.16. The van der Waals surface area contributed by atoms with Gasteiger partial charge in [0.1, 0.15) is 0 Å². The number of para-hydroxylation sites is 1. The van der Waals surface area contributed by atoms with E-state index in [-0.39, 0.29) is 0 Å². The number of aromatic nitrogens is 2. The molecule has 90 valence electrons. The number of aryl methyl sites for hydroxylation is 1. The van der Waals surface area contributed by atoms with Crippen LogP contribution in [0.4, 0.5) is 5.69 Å². The van der Waals surface area contributed by atoms with E-state index in [1.807, 2.05) is 35.9 Å². The van der Waals surface area contributed by atoms with E-state index in [1.54, 1.807) is 0 Å². The fourth-order valence-corrected chi connectivity index (χ4v) is 2.44. The zero-order valence-corrected chi connectivity index (χ0v) is 11.0. The number of thioether (sulfide) groups is 1. The SMILES string of the molecule is CCSc1ccccc1NCc1cnn(C)c1. The smallest absolute Gasteiger partial charge is 0.0539 e. The molecule has 0 saturated carbocycles. The summed E-state index contributed by atoms with van der Waals surface area (Å²) in [6.45, 7) is 2.98. The van der Waals surface area contributed by atoms with Gasteiger partial charge in [0, 0.05) is 35.9 Å².